The Hall–Kier alpha value is -2.98. The third-order valence-electron chi connectivity index (χ3n) is 6.68. The van der Waals surface area contributed by atoms with Crippen molar-refractivity contribution in [3.8, 4) is 5.69 Å². The number of anilines is 2. The first-order chi connectivity index (χ1) is 16.3. The number of hydrogen-bond donors (Lipinski definition) is 1. The summed E-state index contributed by atoms with van der Waals surface area (Å²) in [4.78, 5) is 4.73. The summed E-state index contributed by atoms with van der Waals surface area (Å²) in [5.41, 5.74) is 2.86. The van der Waals surface area contributed by atoms with Gasteiger partial charge in [0.05, 0.1) is 22.8 Å². The Morgan fingerprint density at radius 3 is 2.50 bits per heavy atom. The molecule has 2 aromatic carbocycles. The number of nitrogens with one attached hydrogen (secondary N) is 1. The zero-order valence-electron chi connectivity index (χ0n) is 19.3. The molecule has 5 rings (SSSR count). The second-order valence-corrected chi connectivity index (χ2v) is 11.7. The summed E-state index contributed by atoms with van der Waals surface area (Å²) in [5.74, 6) is 0.756. The fourth-order valence-electron chi connectivity index (χ4n) is 4.83. The molecule has 0 amide bonds. The van der Waals surface area contributed by atoms with Gasteiger partial charge in [0.15, 0.2) is 0 Å². The largest absolute Gasteiger partial charge is 0.371 e. The van der Waals surface area contributed by atoms with Gasteiger partial charge < -0.3 is 4.90 Å². The Kier molecular flexibility index (Phi) is 6.03. The molecule has 0 saturated carbocycles. The van der Waals surface area contributed by atoms with E-state index in [9.17, 15) is 12.8 Å². The van der Waals surface area contributed by atoms with Gasteiger partial charge in [-0.3, -0.25) is 9.62 Å². The van der Waals surface area contributed by atoms with Crippen molar-refractivity contribution in [2.24, 2.45) is 11.8 Å². The third kappa shape index (κ3) is 4.65. The fraction of sp³-hybridized carbons (Fsp3) is 0.417. The Labute approximate surface area is 199 Å². The SMILES string of the molecule is CC(C)S(=O)(=O)Nc1cccc(N2CC3CN(Cc4cn(-c5ccccc5F)nn4)CC3C2)c1. The molecule has 180 valence electrons. The average molecular weight is 485 g/mol. The molecule has 0 aliphatic carbocycles. The second kappa shape index (κ2) is 8.99. The topological polar surface area (TPSA) is 83.4 Å². The third-order valence-corrected chi connectivity index (χ3v) is 8.44. The minimum atomic E-state index is -3.37. The molecule has 2 fully saturated rings. The summed E-state index contributed by atoms with van der Waals surface area (Å²) in [7, 11) is -3.37. The van der Waals surface area contributed by atoms with Crippen molar-refractivity contribution in [2.75, 3.05) is 35.8 Å². The highest BCUT2D eigenvalue weighted by molar-refractivity contribution is 7.93. The number of aromatic nitrogens is 3. The van der Waals surface area contributed by atoms with E-state index in [0.29, 0.717) is 29.8 Å². The van der Waals surface area contributed by atoms with Gasteiger partial charge in [0, 0.05) is 38.4 Å². The van der Waals surface area contributed by atoms with Crippen LogP contribution in [0.1, 0.15) is 19.5 Å². The smallest absolute Gasteiger partial charge is 0.235 e. The molecule has 0 radical (unpaired) electrons. The van der Waals surface area contributed by atoms with E-state index >= 15 is 0 Å². The molecule has 2 saturated heterocycles. The molecule has 34 heavy (non-hydrogen) atoms. The van der Waals surface area contributed by atoms with Crippen molar-refractivity contribution in [1.82, 2.24) is 19.9 Å². The van der Waals surface area contributed by atoms with Crippen molar-refractivity contribution in [1.29, 1.82) is 0 Å². The van der Waals surface area contributed by atoms with Crippen LogP contribution >= 0.6 is 0 Å². The summed E-state index contributed by atoms with van der Waals surface area (Å²) in [6.45, 7) is 7.82. The highest BCUT2D eigenvalue weighted by Gasteiger charge is 2.40. The number of likely N-dealkylation sites (tertiary alicyclic amines) is 1. The van der Waals surface area contributed by atoms with E-state index in [1.165, 1.54) is 10.7 Å². The first kappa shape index (κ1) is 22.8. The molecule has 0 spiro atoms. The molecule has 0 bridgehead atoms. The van der Waals surface area contributed by atoms with Crippen LogP contribution in [-0.2, 0) is 16.6 Å². The summed E-state index contributed by atoms with van der Waals surface area (Å²) in [6, 6.07) is 14.2. The van der Waals surface area contributed by atoms with Crippen LogP contribution in [0.15, 0.2) is 54.7 Å². The lowest BCUT2D eigenvalue weighted by molar-refractivity contribution is 0.305. The van der Waals surface area contributed by atoms with Gasteiger partial charge in [0.25, 0.3) is 0 Å². The normalized spacial score (nSPS) is 20.8. The number of halogens is 1. The first-order valence-corrected chi connectivity index (χ1v) is 13.1. The maximum Gasteiger partial charge on any atom is 0.235 e. The van der Waals surface area contributed by atoms with Gasteiger partial charge in [0.2, 0.25) is 10.0 Å². The van der Waals surface area contributed by atoms with Crippen LogP contribution in [0.5, 0.6) is 0 Å². The molecule has 8 nitrogen and oxygen atoms in total. The zero-order valence-corrected chi connectivity index (χ0v) is 20.1. The van der Waals surface area contributed by atoms with Gasteiger partial charge in [-0.05, 0) is 56.0 Å². The number of hydrogen-bond acceptors (Lipinski definition) is 6. The van der Waals surface area contributed by atoms with Crippen molar-refractivity contribution in [3.63, 3.8) is 0 Å². The lowest BCUT2D eigenvalue weighted by Gasteiger charge is -2.23. The summed E-state index contributed by atoms with van der Waals surface area (Å²) < 4.78 is 42.6. The summed E-state index contributed by atoms with van der Waals surface area (Å²) >= 11 is 0. The minimum Gasteiger partial charge on any atom is -0.371 e. The quantitative estimate of drug-likeness (QED) is 0.555. The predicted octanol–water partition coefficient (Wildman–Crippen LogP) is 3.12. The average Bonchev–Trinajstić information content (AvgIpc) is 3.49. The molecule has 2 aliphatic heterocycles. The molecule has 1 N–H and O–H groups in total. The molecule has 2 aliphatic rings. The lowest BCUT2D eigenvalue weighted by Crippen LogP contribution is -2.28. The second-order valence-electron chi connectivity index (χ2n) is 9.47. The number of benzene rings is 2. The van der Waals surface area contributed by atoms with Crippen LogP contribution < -0.4 is 9.62 Å². The molecule has 10 heteroatoms. The molecule has 2 unspecified atom stereocenters. The van der Waals surface area contributed by atoms with E-state index in [2.05, 4.69) is 24.8 Å². The van der Waals surface area contributed by atoms with Gasteiger partial charge in [-0.25, -0.2) is 17.5 Å². The summed E-state index contributed by atoms with van der Waals surface area (Å²) in [6.07, 6.45) is 1.79. The van der Waals surface area contributed by atoms with Crippen molar-refractivity contribution < 1.29 is 12.8 Å². The van der Waals surface area contributed by atoms with E-state index in [4.69, 9.17) is 0 Å². The monoisotopic (exact) mass is 484 g/mol. The molecular formula is C24H29FN6O2S. The predicted molar refractivity (Wildman–Crippen MR) is 130 cm³/mol. The standard InChI is InChI=1S/C24H29FN6O2S/c1-17(2)34(32,33)27-20-6-5-7-22(10-20)30-13-18-11-29(12-19(18)14-30)15-21-16-31(28-26-21)24-9-4-3-8-23(24)25/h3-10,16-19,27H,11-15H2,1-2H3. The summed E-state index contributed by atoms with van der Waals surface area (Å²) in [5, 5.41) is 7.86. The number of fused-ring (bicyclic) bond motifs is 1. The van der Waals surface area contributed by atoms with Gasteiger partial charge in [-0.15, -0.1) is 5.10 Å². The van der Waals surface area contributed by atoms with Gasteiger partial charge in [0.1, 0.15) is 11.5 Å². The Balaban J connectivity index is 1.19. The van der Waals surface area contributed by atoms with Crippen LogP contribution in [0.4, 0.5) is 15.8 Å². The van der Waals surface area contributed by atoms with Crippen LogP contribution in [0.3, 0.4) is 0 Å². The molecule has 3 heterocycles. The van der Waals surface area contributed by atoms with E-state index in [-0.39, 0.29) is 5.82 Å². The Bertz CT molecular complexity index is 1260. The van der Waals surface area contributed by atoms with Crippen LogP contribution in [0, 0.1) is 17.7 Å². The highest BCUT2D eigenvalue weighted by Crippen LogP contribution is 2.35. The van der Waals surface area contributed by atoms with E-state index in [1.54, 1.807) is 44.3 Å². The zero-order chi connectivity index (χ0) is 23.9. The maximum atomic E-state index is 14.0. The van der Waals surface area contributed by atoms with E-state index in [0.717, 1.165) is 37.6 Å². The number of para-hydroxylation sites is 1. The van der Waals surface area contributed by atoms with Crippen LogP contribution in [0.25, 0.3) is 5.69 Å². The van der Waals surface area contributed by atoms with E-state index in [1.807, 2.05) is 18.2 Å². The minimum absolute atomic E-state index is 0.323. The molecule has 2 atom stereocenters. The molecular weight excluding hydrogens is 455 g/mol. The Morgan fingerprint density at radius 1 is 1.06 bits per heavy atom. The van der Waals surface area contributed by atoms with Crippen molar-refractivity contribution >= 4 is 21.4 Å². The van der Waals surface area contributed by atoms with Gasteiger partial charge >= 0.3 is 0 Å². The van der Waals surface area contributed by atoms with Crippen LogP contribution in [0.2, 0.25) is 0 Å². The number of sulfonamides is 1. The fourth-order valence-corrected chi connectivity index (χ4v) is 5.52. The molecule has 1 aromatic heterocycles. The maximum absolute atomic E-state index is 14.0. The number of rotatable bonds is 7. The van der Waals surface area contributed by atoms with Gasteiger partial charge in [-0.2, -0.15) is 0 Å². The molecule has 3 aromatic rings. The first-order valence-electron chi connectivity index (χ1n) is 11.5. The van der Waals surface area contributed by atoms with Crippen molar-refractivity contribution in [2.45, 2.75) is 25.6 Å². The van der Waals surface area contributed by atoms with E-state index < -0.39 is 15.3 Å². The van der Waals surface area contributed by atoms with Crippen molar-refractivity contribution in [3.05, 3.63) is 66.2 Å². The van der Waals surface area contributed by atoms with Gasteiger partial charge in [-0.1, -0.05) is 23.4 Å². The lowest BCUT2D eigenvalue weighted by atomic mass is 10.0. The Morgan fingerprint density at radius 2 is 1.79 bits per heavy atom. The van der Waals surface area contributed by atoms with Crippen LogP contribution in [-0.4, -0.2) is 59.7 Å². The highest BCUT2D eigenvalue weighted by atomic mass is 32.2. The number of nitrogens with zero attached hydrogens (tertiary/aromatic N) is 5.